The number of nitrogens with two attached hydrogens (primary N) is 1. The van der Waals surface area contributed by atoms with Gasteiger partial charge in [0.15, 0.2) is 4.34 Å². The Morgan fingerprint density at radius 2 is 2.05 bits per heavy atom. The van der Waals surface area contributed by atoms with Crippen LogP contribution < -0.4 is 5.73 Å². The lowest BCUT2D eigenvalue weighted by Gasteiger charge is -2.04. The molecule has 3 rings (SSSR count). The Labute approximate surface area is 119 Å². The molecule has 1 aromatic carbocycles. The van der Waals surface area contributed by atoms with Crippen molar-refractivity contribution in [2.45, 2.75) is 22.3 Å². The van der Waals surface area contributed by atoms with Gasteiger partial charge in [-0.05, 0) is 42.4 Å². The van der Waals surface area contributed by atoms with Crippen LogP contribution in [0.3, 0.4) is 0 Å². The van der Waals surface area contributed by atoms with Crippen LogP contribution in [0.2, 0.25) is 0 Å². The Hall–Kier alpha value is -1.43. The molecule has 5 heteroatoms. The number of para-hydroxylation sites is 1. The van der Waals surface area contributed by atoms with Gasteiger partial charge in [-0.1, -0.05) is 18.2 Å². The van der Waals surface area contributed by atoms with Gasteiger partial charge in [0.25, 0.3) is 0 Å². The molecular weight excluding hydrogens is 274 g/mol. The maximum atomic E-state index is 5.81. The molecule has 3 aromatic rings. The van der Waals surface area contributed by atoms with Crippen LogP contribution in [0.25, 0.3) is 10.2 Å². The Morgan fingerprint density at radius 3 is 2.74 bits per heavy atom. The third kappa shape index (κ3) is 2.78. The van der Waals surface area contributed by atoms with Gasteiger partial charge in [-0.15, -0.1) is 11.3 Å². The van der Waals surface area contributed by atoms with E-state index < -0.39 is 0 Å². The van der Waals surface area contributed by atoms with E-state index in [1.165, 1.54) is 4.70 Å². The average Bonchev–Trinajstić information content (AvgIpc) is 2.81. The highest BCUT2D eigenvalue weighted by molar-refractivity contribution is 8.01. The summed E-state index contributed by atoms with van der Waals surface area (Å²) in [5.41, 5.74) is 7.90. The minimum Gasteiger partial charge on any atom is -0.324 e. The minimum atomic E-state index is 0.0222. The SMILES string of the molecule is C[C@H](N)c1ccc(Sc2nc3ccccc3s2)nc1. The van der Waals surface area contributed by atoms with Crippen molar-refractivity contribution in [3.05, 3.63) is 48.2 Å². The van der Waals surface area contributed by atoms with Crippen LogP contribution in [-0.2, 0) is 0 Å². The van der Waals surface area contributed by atoms with E-state index in [1.54, 1.807) is 23.1 Å². The minimum absolute atomic E-state index is 0.0222. The normalized spacial score (nSPS) is 12.7. The molecule has 2 heterocycles. The number of rotatable bonds is 3. The van der Waals surface area contributed by atoms with E-state index in [0.29, 0.717) is 0 Å². The van der Waals surface area contributed by atoms with Gasteiger partial charge in [0.2, 0.25) is 0 Å². The molecule has 0 saturated carbocycles. The monoisotopic (exact) mass is 287 g/mol. The van der Waals surface area contributed by atoms with Crippen molar-refractivity contribution in [3.63, 3.8) is 0 Å². The predicted octanol–water partition coefficient (Wildman–Crippen LogP) is 3.86. The number of nitrogens with zero attached hydrogens (tertiary/aromatic N) is 2. The molecule has 0 saturated heterocycles. The molecule has 19 heavy (non-hydrogen) atoms. The Kier molecular flexibility index (Phi) is 3.50. The van der Waals surface area contributed by atoms with Gasteiger partial charge in [-0.3, -0.25) is 0 Å². The third-order valence-corrected chi connectivity index (χ3v) is 4.80. The van der Waals surface area contributed by atoms with Crippen LogP contribution in [0.5, 0.6) is 0 Å². The second kappa shape index (κ2) is 5.28. The van der Waals surface area contributed by atoms with E-state index in [1.807, 2.05) is 43.5 Å². The summed E-state index contributed by atoms with van der Waals surface area (Å²) in [6, 6.07) is 12.2. The summed E-state index contributed by atoms with van der Waals surface area (Å²) in [7, 11) is 0. The van der Waals surface area contributed by atoms with Gasteiger partial charge in [-0.2, -0.15) is 0 Å². The molecule has 0 aliphatic heterocycles. The molecule has 1 atom stereocenters. The molecule has 0 spiro atoms. The first-order valence-electron chi connectivity index (χ1n) is 5.97. The van der Waals surface area contributed by atoms with E-state index in [9.17, 15) is 0 Å². The van der Waals surface area contributed by atoms with Crippen molar-refractivity contribution in [1.29, 1.82) is 0 Å². The summed E-state index contributed by atoms with van der Waals surface area (Å²) in [4.78, 5) is 9.00. The highest BCUT2D eigenvalue weighted by Gasteiger charge is 2.06. The molecule has 0 unspecified atom stereocenters. The van der Waals surface area contributed by atoms with Crippen molar-refractivity contribution in [2.24, 2.45) is 5.73 Å². The standard InChI is InChI=1S/C14H13N3S2/c1-9(15)10-6-7-13(16-8-10)19-14-17-11-4-2-3-5-12(11)18-14/h2-9H,15H2,1H3/t9-/m0/s1. The molecule has 0 bridgehead atoms. The zero-order valence-corrected chi connectivity index (χ0v) is 12.0. The smallest absolute Gasteiger partial charge is 0.157 e. The molecule has 0 aliphatic carbocycles. The lowest BCUT2D eigenvalue weighted by molar-refractivity contribution is 0.806. The number of thiazole rings is 1. The number of aromatic nitrogens is 2. The highest BCUT2D eigenvalue weighted by Crippen LogP contribution is 2.33. The van der Waals surface area contributed by atoms with Crippen molar-refractivity contribution in [3.8, 4) is 0 Å². The summed E-state index contributed by atoms with van der Waals surface area (Å²) in [6.45, 7) is 1.96. The number of benzene rings is 1. The second-order valence-electron chi connectivity index (χ2n) is 4.27. The number of pyridine rings is 1. The van der Waals surface area contributed by atoms with E-state index >= 15 is 0 Å². The molecule has 0 amide bonds. The zero-order valence-electron chi connectivity index (χ0n) is 10.4. The van der Waals surface area contributed by atoms with Crippen LogP contribution in [0.4, 0.5) is 0 Å². The van der Waals surface area contributed by atoms with Gasteiger partial charge in [0, 0.05) is 12.2 Å². The van der Waals surface area contributed by atoms with Gasteiger partial charge >= 0.3 is 0 Å². The fourth-order valence-corrected chi connectivity index (χ4v) is 3.66. The maximum Gasteiger partial charge on any atom is 0.157 e. The average molecular weight is 287 g/mol. The largest absolute Gasteiger partial charge is 0.324 e. The highest BCUT2D eigenvalue weighted by atomic mass is 32.2. The molecule has 0 fully saturated rings. The summed E-state index contributed by atoms with van der Waals surface area (Å²) in [5.74, 6) is 0. The molecule has 0 aliphatic rings. The lowest BCUT2D eigenvalue weighted by Crippen LogP contribution is -2.04. The number of fused-ring (bicyclic) bond motifs is 1. The molecule has 3 nitrogen and oxygen atoms in total. The summed E-state index contributed by atoms with van der Waals surface area (Å²) >= 11 is 3.28. The van der Waals surface area contributed by atoms with E-state index in [0.717, 1.165) is 20.4 Å². The van der Waals surface area contributed by atoms with Crippen LogP contribution in [-0.4, -0.2) is 9.97 Å². The van der Waals surface area contributed by atoms with Crippen molar-refractivity contribution < 1.29 is 0 Å². The summed E-state index contributed by atoms with van der Waals surface area (Å²) in [6.07, 6.45) is 1.83. The second-order valence-corrected chi connectivity index (χ2v) is 6.57. The Morgan fingerprint density at radius 1 is 1.21 bits per heavy atom. The van der Waals surface area contributed by atoms with Crippen molar-refractivity contribution in [1.82, 2.24) is 9.97 Å². The van der Waals surface area contributed by atoms with Gasteiger partial charge < -0.3 is 5.73 Å². The van der Waals surface area contributed by atoms with Gasteiger partial charge in [0.1, 0.15) is 5.03 Å². The topological polar surface area (TPSA) is 51.8 Å². The molecular formula is C14H13N3S2. The molecule has 2 aromatic heterocycles. The number of hydrogen-bond acceptors (Lipinski definition) is 5. The quantitative estimate of drug-likeness (QED) is 0.794. The maximum absolute atomic E-state index is 5.81. The van der Waals surface area contributed by atoms with Crippen LogP contribution in [0.1, 0.15) is 18.5 Å². The fraction of sp³-hybridized carbons (Fsp3) is 0.143. The van der Waals surface area contributed by atoms with Crippen molar-refractivity contribution in [2.75, 3.05) is 0 Å². The molecule has 96 valence electrons. The van der Waals surface area contributed by atoms with Gasteiger partial charge in [-0.25, -0.2) is 9.97 Å². The van der Waals surface area contributed by atoms with E-state index in [-0.39, 0.29) is 6.04 Å². The Bertz CT molecular complexity index is 656. The lowest BCUT2D eigenvalue weighted by atomic mass is 10.2. The summed E-state index contributed by atoms with van der Waals surface area (Å²) in [5, 5.41) is 0.948. The van der Waals surface area contributed by atoms with Crippen molar-refractivity contribution >= 4 is 33.3 Å². The van der Waals surface area contributed by atoms with Crippen LogP contribution >= 0.6 is 23.1 Å². The van der Waals surface area contributed by atoms with E-state index in [4.69, 9.17) is 5.73 Å². The predicted molar refractivity (Wildman–Crippen MR) is 80.6 cm³/mol. The summed E-state index contributed by atoms with van der Waals surface area (Å²) < 4.78 is 2.22. The first-order chi connectivity index (χ1) is 9.22. The molecule has 2 N–H and O–H groups in total. The molecule has 0 radical (unpaired) electrons. The first kappa shape index (κ1) is 12.6. The zero-order chi connectivity index (χ0) is 13.2. The van der Waals surface area contributed by atoms with E-state index in [2.05, 4.69) is 16.0 Å². The third-order valence-electron chi connectivity index (χ3n) is 2.75. The van der Waals surface area contributed by atoms with Crippen LogP contribution in [0, 0.1) is 0 Å². The van der Waals surface area contributed by atoms with Crippen LogP contribution in [0.15, 0.2) is 52.0 Å². The first-order valence-corrected chi connectivity index (χ1v) is 7.60. The number of hydrogen-bond donors (Lipinski definition) is 1. The Balaban J connectivity index is 1.84. The van der Waals surface area contributed by atoms with Gasteiger partial charge in [0.05, 0.1) is 10.2 Å². The fourth-order valence-electron chi connectivity index (χ4n) is 1.71.